The van der Waals surface area contributed by atoms with E-state index in [2.05, 4.69) is 20.2 Å². The summed E-state index contributed by atoms with van der Waals surface area (Å²) in [6.45, 7) is 2.17. The van der Waals surface area contributed by atoms with Crippen molar-refractivity contribution >= 4 is 40.2 Å². The molecule has 0 saturated carbocycles. The van der Waals surface area contributed by atoms with Gasteiger partial charge in [-0.15, -0.1) is 0 Å². The van der Waals surface area contributed by atoms with Crippen molar-refractivity contribution in [3.8, 4) is 0 Å². The summed E-state index contributed by atoms with van der Waals surface area (Å²) in [4.78, 5) is 24.7. The van der Waals surface area contributed by atoms with Crippen LogP contribution in [0.4, 0.5) is 10.1 Å². The van der Waals surface area contributed by atoms with Crippen LogP contribution in [0, 0.1) is 0 Å². The fourth-order valence-corrected chi connectivity index (χ4v) is 4.65. The number of fused-ring (bicyclic) bond motifs is 1. The van der Waals surface area contributed by atoms with E-state index in [9.17, 15) is 9.18 Å². The maximum atomic E-state index is 13.8. The first kappa shape index (κ1) is 21.0. The summed E-state index contributed by atoms with van der Waals surface area (Å²) in [6.07, 6.45) is 6.50. The van der Waals surface area contributed by atoms with E-state index < -0.39 is 6.17 Å². The number of hydrogen-bond donors (Lipinski definition) is 1. The highest BCUT2D eigenvalue weighted by atomic mass is 35.5. The molecule has 4 rings (SSSR count). The average molecular weight is 432 g/mol. The first-order valence-corrected chi connectivity index (χ1v) is 10.8. The Kier molecular flexibility index (Phi) is 6.49. The molecular formula is C22H27ClFN5O. The highest BCUT2D eigenvalue weighted by molar-refractivity contribution is 6.36. The van der Waals surface area contributed by atoms with Crippen LogP contribution >= 0.6 is 11.6 Å². The van der Waals surface area contributed by atoms with Crippen LogP contribution < -0.4 is 5.32 Å². The smallest absolute Gasteiger partial charge is 0.237 e. The number of carbonyl (C=O) groups excluding carboxylic acids is 1. The molecule has 6 nitrogen and oxygen atoms in total. The number of likely N-dealkylation sites (tertiary alicyclic amines) is 2. The third-order valence-electron chi connectivity index (χ3n) is 6.00. The van der Waals surface area contributed by atoms with Crippen LogP contribution in [0.2, 0.25) is 5.02 Å². The van der Waals surface area contributed by atoms with Gasteiger partial charge < -0.3 is 10.2 Å². The third-order valence-corrected chi connectivity index (χ3v) is 6.33. The summed E-state index contributed by atoms with van der Waals surface area (Å²) in [5, 5.41) is 6.33. The minimum atomic E-state index is -0.962. The summed E-state index contributed by atoms with van der Waals surface area (Å²) in [5.74, 6) is -0.0114. The normalized spacial score (nSPS) is 23.5. The molecule has 2 aliphatic rings. The van der Waals surface area contributed by atoms with E-state index in [4.69, 9.17) is 11.6 Å². The van der Waals surface area contributed by atoms with Crippen LogP contribution in [0.1, 0.15) is 19.3 Å². The van der Waals surface area contributed by atoms with E-state index in [0.717, 1.165) is 42.4 Å². The lowest BCUT2D eigenvalue weighted by atomic mass is 10.0. The summed E-state index contributed by atoms with van der Waals surface area (Å²) >= 11 is 6.29. The van der Waals surface area contributed by atoms with Gasteiger partial charge >= 0.3 is 0 Å². The van der Waals surface area contributed by atoms with Crippen molar-refractivity contribution in [1.29, 1.82) is 0 Å². The molecule has 0 radical (unpaired) electrons. The predicted molar refractivity (Wildman–Crippen MR) is 119 cm³/mol. The monoisotopic (exact) mass is 431 g/mol. The van der Waals surface area contributed by atoms with Gasteiger partial charge in [-0.3, -0.25) is 19.7 Å². The van der Waals surface area contributed by atoms with Gasteiger partial charge in [0.25, 0.3) is 0 Å². The second-order valence-electron chi connectivity index (χ2n) is 8.06. The molecule has 0 bridgehead atoms. The number of pyridine rings is 1. The van der Waals surface area contributed by atoms with Gasteiger partial charge in [0, 0.05) is 67.7 Å². The summed E-state index contributed by atoms with van der Waals surface area (Å²) in [5.41, 5.74) is 1.05. The molecule has 30 heavy (non-hydrogen) atoms. The SMILES string of the molecule is C/N=C\[C@@H]1C[C@H](F)CN1C(=O)CN1CCC(Nc2ccc(Cl)c3cnccc23)CC1. The lowest BCUT2D eigenvalue weighted by Crippen LogP contribution is -2.47. The minimum Gasteiger partial charge on any atom is -0.382 e. The van der Waals surface area contributed by atoms with Gasteiger partial charge in [-0.1, -0.05) is 11.6 Å². The zero-order chi connectivity index (χ0) is 21.1. The van der Waals surface area contributed by atoms with E-state index in [1.807, 2.05) is 18.2 Å². The number of nitrogens with zero attached hydrogens (tertiary/aromatic N) is 4. The molecule has 2 fully saturated rings. The van der Waals surface area contributed by atoms with Crippen LogP contribution in [-0.2, 0) is 4.79 Å². The molecular weight excluding hydrogens is 405 g/mol. The molecule has 2 aromatic rings. The van der Waals surface area contributed by atoms with Crippen LogP contribution in [-0.4, -0.2) is 78.4 Å². The van der Waals surface area contributed by atoms with Gasteiger partial charge in [0.05, 0.1) is 24.2 Å². The number of rotatable bonds is 5. The molecule has 3 heterocycles. The van der Waals surface area contributed by atoms with Crippen molar-refractivity contribution < 1.29 is 9.18 Å². The lowest BCUT2D eigenvalue weighted by molar-refractivity contribution is -0.132. The Labute approximate surface area is 181 Å². The van der Waals surface area contributed by atoms with E-state index in [1.165, 1.54) is 0 Å². The Morgan fingerprint density at radius 1 is 1.33 bits per heavy atom. The number of hydrogen-bond acceptors (Lipinski definition) is 5. The minimum absolute atomic E-state index is 0.0114. The van der Waals surface area contributed by atoms with Gasteiger partial charge in [-0.2, -0.15) is 0 Å². The third kappa shape index (κ3) is 4.57. The van der Waals surface area contributed by atoms with Crippen molar-refractivity contribution in [2.75, 3.05) is 38.5 Å². The molecule has 160 valence electrons. The largest absolute Gasteiger partial charge is 0.382 e. The van der Waals surface area contributed by atoms with E-state index in [1.54, 1.807) is 30.6 Å². The molecule has 8 heteroatoms. The van der Waals surface area contributed by atoms with Crippen molar-refractivity contribution in [2.24, 2.45) is 4.99 Å². The second kappa shape index (κ2) is 9.27. The first-order chi connectivity index (χ1) is 14.5. The summed E-state index contributed by atoms with van der Waals surface area (Å²) in [7, 11) is 1.66. The Morgan fingerprint density at radius 3 is 2.90 bits per heavy atom. The fraction of sp³-hybridized carbons (Fsp3) is 0.500. The number of carbonyl (C=O) groups is 1. The van der Waals surface area contributed by atoms with Crippen LogP contribution in [0.25, 0.3) is 10.8 Å². The molecule has 2 saturated heterocycles. The Balaban J connectivity index is 1.32. The Hall–Kier alpha value is -2.25. The Morgan fingerprint density at radius 2 is 2.13 bits per heavy atom. The van der Waals surface area contributed by atoms with Crippen molar-refractivity contribution in [3.63, 3.8) is 0 Å². The Bertz CT molecular complexity index is 931. The molecule has 0 spiro atoms. The molecule has 1 amide bonds. The topological polar surface area (TPSA) is 60.8 Å². The standard InChI is InChI=1S/C22H27ClFN5O/c1-25-11-17-10-15(24)13-29(17)22(30)14-28-8-5-16(6-9-28)27-21-3-2-20(23)19-12-26-7-4-18(19)21/h2-4,7,11-12,15-17,27H,5-6,8-10,13-14H2,1H3/b25-11-/t15-,17-/m0/s1. The highest BCUT2D eigenvalue weighted by Gasteiger charge is 2.35. The van der Waals surface area contributed by atoms with E-state index >= 15 is 0 Å². The number of amides is 1. The summed E-state index contributed by atoms with van der Waals surface area (Å²) < 4.78 is 13.8. The van der Waals surface area contributed by atoms with Crippen LogP contribution in [0.3, 0.4) is 0 Å². The maximum Gasteiger partial charge on any atom is 0.237 e. The fourth-order valence-electron chi connectivity index (χ4n) is 4.43. The number of aromatic nitrogens is 1. The molecule has 1 N–H and O–H groups in total. The van der Waals surface area contributed by atoms with Gasteiger partial charge in [-0.05, 0) is 31.0 Å². The number of nitrogens with one attached hydrogen (secondary N) is 1. The lowest BCUT2D eigenvalue weighted by Gasteiger charge is -2.34. The van der Waals surface area contributed by atoms with Gasteiger partial charge in [0.1, 0.15) is 6.17 Å². The molecule has 2 atom stereocenters. The zero-order valence-corrected chi connectivity index (χ0v) is 17.9. The number of alkyl halides is 1. The second-order valence-corrected chi connectivity index (χ2v) is 8.47. The first-order valence-electron chi connectivity index (χ1n) is 10.4. The van der Waals surface area contributed by atoms with Crippen molar-refractivity contribution in [3.05, 3.63) is 35.6 Å². The number of anilines is 1. The molecule has 0 unspecified atom stereocenters. The van der Waals surface area contributed by atoms with E-state index in [0.29, 0.717) is 24.0 Å². The molecule has 1 aromatic carbocycles. The molecule has 2 aliphatic heterocycles. The number of benzene rings is 1. The van der Waals surface area contributed by atoms with Crippen LogP contribution in [0.5, 0.6) is 0 Å². The summed E-state index contributed by atoms with van der Waals surface area (Å²) in [6, 6.07) is 5.99. The number of aliphatic imine (C=N–C) groups is 1. The van der Waals surface area contributed by atoms with Gasteiger partial charge in [0.15, 0.2) is 0 Å². The number of piperidine rings is 1. The van der Waals surface area contributed by atoms with Crippen molar-refractivity contribution in [1.82, 2.24) is 14.8 Å². The van der Waals surface area contributed by atoms with E-state index in [-0.39, 0.29) is 18.5 Å². The predicted octanol–water partition coefficient (Wildman–Crippen LogP) is 3.40. The zero-order valence-electron chi connectivity index (χ0n) is 17.1. The van der Waals surface area contributed by atoms with Crippen LogP contribution in [0.15, 0.2) is 35.6 Å². The molecule has 0 aliphatic carbocycles. The van der Waals surface area contributed by atoms with Gasteiger partial charge in [-0.25, -0.2) is 4.39 Å². The van der Waals surface area contributed by atoms with Gasteiger partial charge in [0.2, 0.25) is 5.91 Å². The number of halogens is 2. The maximum absolute atomic E-state index is 13.8. The highest BCUT2D eigenvalue weighted by Crippen LogP contribution is 2.30. The average Bonchev–Trinajstić information content (AvgIpc) is 3.12. The quantitative estimate of drug-likeness (QED) is 0.737. The molecule has 1 aromatic heterocycles. The van der Waals surface area contributed by atoms with Crippen molar-refractivity contribution in [2.45, 2.75) is 37.5 Å².